The molecule has 0 radical (unpaired) electrons. The monoisotopic (exact) mass is 634 g/mol. The first kappa shape index (κ1) is 34.3. The van der Waals surface area contributed by atoms with Crippen LogP contribution in [-0.4, -0.2) is 84.4 Å². The number of morpholine rings is 1. The number of ether oxygens (including phenoxy) is 2. The number of hydrogen-bond acceptors (Lipinski definition) is 7. The Labute approximate surface area is 269 Å². The minimum Gasteiger partial charge on any atom is -0.444 e. The Balaban J connectivity index is 1.36. The van der Waals surface area contributed by atoms with Gasteiger partial charge in [0.15, 0.2) is 0 Å². The number of carbonyl (C=O) groups is 3. The molecule has 2 aromatic carbocycles. The molecule has 0 unspecified atom stereocenters. The maximum absolute atomic E-state index is 13.2. The zero-order valence-corrected chi connectivity index (χ0v) is 26.7. The van der Waals surface area contributed by atoms with Crippen molar-refractivity contribution in [3.8, 4) is 0 Å². The van der Waals surface area contributed by atoms with E-state index in [1.807, 2.05) is 0 Å². The number of carbonyl (C=O) groups excluding carboxylic acids is 3. The van der Waals surface area contributed by atoms with Crippen LogP contribution in [-0.2, 0) is 22.4 Å². The number of halogens is 1. The number of benzene rings is 2. The first-order valence-corrected chi connectivity index (χ1v) is 15.5. The highest BCUT2D eigenvalue weighted by Gasteiger charge is 2.19. The maximum Gasteiger partial charge on any atom is 0.412 e. The molecule has 0 saturated carbocycles. The zero-order valence-electron chi connectivity index (χ0n) is 26.7. The molecular weight excluding hydrogens is 591 g/mol. The van der Waals surface area contributed by atoms with Gasteiger partial charge in [-0.25, -0.2) is 14.0 Å². The van der Waals surface area contributed by atoms with E-state index in [2.05, 4.69) is 25.8 Å². The van der Waals surface area contributed by atoms with E-state index >= 15 is 0 Å². The maximum atomic E-state index is 13.2. The number of para-hydroxylation sites is 2. The topological polar surface area (TPSA) is 125 Å². The quantitative estimate of drug-likeness (QED) is 0.247. The first-order valence-electron chi connectivity index (χ1n) is 15.5. The summed E-state index contributed by atoms with van der Waals surface area (Å²) in [6.07, 6.45) is 2.32. The lowest BCUT2D eigenvalue weighted by Gasteiger charge is -2.28. The molecule has 1 aromatic heterocycles. The summed E-state index contributed by atoms with van der Waals surface area (Å²) in [5, 5.41) is 8.44. The van der Waals surface area contributed by atoms with E-state index in [4.69, 9.17) is 9.47 Å². The molecule has 1 saturated heterocycles. The number of nitrogens with one attached hydrogen (secondary N) is 3. The number of urea groups is 1. The molecular formula is C34H43FN6O5. The molecule has 12 heteroatoms. The molecule has 0 bridgehead atoms. The number of nitrogens with zero attached hydrogens (tertiary/aromatic N) is 3. The van der Waals surface area contributed by atoms with E-state index in [-0.39, 0.29) is 17.5 Å². The normalized spacial score (nSPS) is 13.5. The van der Waals surface area contributed by atoms with Crippen LogP contribution in [0.1, 0.15) is 48.8 Å². The minimum atomic E-state index is -0.670. The van der Waals surface area contributed by atoms with E-state index in [1.165, 1.54) is 12.1 Å². The van der Waals surface area contributed by atoms with E-state index in [1.54, 1.807) is 80.4 Å². The average Bonchev–Trinajstić information content (AvgIpc) is 3.02. The molecule has 2 heterocycles. The summed E-state index contributed by atoms with van der Waals surface area (Å²) < 4.78 is 24.0. The first-order chi connectivity index (χ1) is 22.1. The second-order valence-corrected chi connectivity index (χ2v) is 12.0. The molecule has 4 rings (SSSR count). The van der Waals surface area contributed by atoms with E-state index in [9.17, 15) is 18.8 Å². The standard InChI is InChI=1S/C34H43FN6O5/c1-34(2,3)46-33(44)39-29-8-5-4-7-28(29)38-31(42)30-14-11-26(23-37-30)24-41(18-6-17-40-19-21-45-22-20-40)32(43)36-16-15-25-9-12-27(35)13-10-25/h4-5,7-14,23H,6,15-22,24H2,1-3H3,(H,36,43)(H,38,42)(H,39,44). The highest BCUT2D eigenvalue weighted by atomic mass is 19.1. The summed E-state index contributed by atoms with van der Waals surface area (Å²) in [7, 11) is 0. The lowest BCUT2D eigenvalue weighted by Crippen LogP contribution is -2.42. The summed E-state index contributed by atoms with van der Waals surface area (Å²) in [5.74, 6) is -0.748. The zero-order chi connectivity index (χ0) is 32.9. The molecule has 3 aromatic rings. The van der Waals surface area contributed by atoms with Crippen LogP contribution in [0.2, 0.25) is 0 Å². The van der Waals surface area contributed by atoms with Crippen LogP contribution in [0.3, 0.4) is 0 Å². The third-order valence-corrected chi connectivity index (χ3v) is 7.14. The molecule has 1 aliphatic rings. The predicted molar refractivity (Wildman–Crippen MR) is 174 cm³/mol. The summed E-state index contributed by atoms with van der Waals surface area (Å²) in [5.41, 5.74) is 1.99. The van der Waals surface area contributed by atoms with Crippen molar-refractivity contribution in [3.63, 3.8) is 0 Å². The Morgan fingerprint density at radius 1 is 0.957 bits per heavy atom. The van der Waals surface area contributed by atoms with Crippen LogP contribution in [0.15, 0.2) is 66.9 Å². The largest absolute Gasteiger partial charge is 0.444 e. The number of hydrogen-bond donors (Lipinski definition) is 3. The highest BCUT2D eigenvalue weighted by Crippen LogP contribution is 2.23. The summed E-state index contributed by atoms with van der Waals surface area (Å²) >= 11 is 0. The van der Waals surface area contributed by atoms with Crippen LogP contribution in [0.5, 0.6) is 0 Å². The lowest BCUT2D eigenvalue weighted by molar-refractivity contribution is 0.0364. The highest BCUT2D eigenvalue weighted by molar-refractivity contribution is 6.05. The molecule has 46 heavy (non-hydrogen) atoms. The van der Waals surface area contributed by atoms with Gasteiger partial charge in [-0.1, -0.05) is 30.3 Å². The van der Waals surface area contributed by atoms with Gasteiger partial charge in [0.25, 0.3) is 5.91 Å². The van der Waals surface area contributed by atoms with Crippen molar-refractivity contribution < 1.29 is 28.2 Å². The Bertz CT molecular complexity index is 1440. The number of amides is 4. The lowest BCUT2D eigenvalue weighted by atomic mass is 10.1. The number of aromatic nitrogens is 1. The van der Waals surface area contributed by atoms with Gasteiger partial charge in [-0.15, -0.1) is 0 Å². The molecule has 4 amide bonds. The fourth-order valence-electron chi connectivity index (χ4n) is 4.81. The van der Waals surface area contributed by atoms with Gasteiger partial charge in [-0.05, 0) is 75.1 Å². The van der Waals surface area contributed by atoms with Crippen LogP contribution in [0, 0.1) is 5.82 Å². The van der Waals surface area contributed by atoms with E-state index in [0.717, 1.165) is 37.2 Å². The average molecular weight is 635 g/mol. The number of anilines is 2. The van der Waals surface area contributed by atoms with Gasteiger partial charge in [-0.2, -0.15) is 0 Å². The molecule has 0 spiro atoms. The van der Waals surface area contributed by atoms with Crippen molar-refractivity contribution in [2.24, 2.45) is 0 Å². The van der Waals surface area contributed by atoms with Gasteiger partial charge in [0, 0.05) is 45.5 Å². The van der Waals surface area contributed by atoms with Gasteiger partial charge in [-0.3, -0.25) is 20.0 Å². The van der Waals surface area contributed by atoms with Crippen molar-refractivity contribution in [3.05, 3.63) is 89.5 Å². The number of pyridine rings is 1. The Morgan fingerprint density at radius 2 is 1.63 bits per heavy atom. The van der Waals surface area contributed by atoms with Crippen LogP contribution >= 0.6 is 0 Å². The van der Waals surface area contributed by atoms with Crippen LogP contribution in [0.25, 0.3) is 0 Å². The fourth-order valence-corrected chi connectivity index (χ4v) is 4.81. The second-order valence-electron chi connectivity index (χ2n) is 12.0. The molecule has 0 atom stereocenters. The summed E-state index contributed by atoms with van der Waals surface area (Å²) in [6.45, 7) is 10.6. The molecule has 246 valence electrons. The van der Waals surface area contributed by atoms with Gasteiger partial charge in [0.05, 0.1) is 24.6 Å². The summed E-state index contributed by atoms with van der Waals surface area (Å²) in [4.78, 5) is 47.0. The summed E-state index contributed by atoms with van der Waals surface area (Å²) in [6, 6.07) is 16.2. The fraction of sp³-hybridized carbons (Fsp3) is 0.412. The van der Waals surface area contributed by atoms with Crippen molar-refractivity contribution in [2.75, 3.05) is 56.6 Å². The number of rotatable bonds is 12. The SMILES string of the molecule is CC(C)(C)OC(=O)Nc1ccccc1NC(=O)c1ccc(CN(CCCN2CCOCC2)C(=O)NCCc2ccc(F)cc2)cn1. The molecule has 0 aliphatic carbocycles. The molecule has 3 N–H and O–H groups in total. The second kappa shape index (κ2) is 16.7. The Kier molecular flexibility index (Phi) is 12.4. The Morgan fingerprint density at radius 3 is 2.28 bits per heavy atom. The van der Waals surface area contributed by atoms with Crippen molar-refractivity contribution in [1.82, 2.24) is 20.1 Å². The van der Waals surface area contributed by atoms with Gasteiger partial charge < -0.3 is 25.0 Å². The van der Waals surface area contributed by atoms with Crippen molar-refractivity contribution >= 4 is 29.4 Å². The van der Waals surface area contributed by atoms with Crippen LogP contribution in [0.4, 0.5) is 25.4 Å². The predicted octanol–water partition coefficient (Wildman–Crippen LogP) is 5.30. The molecule has 11 nitrogen and oxygen atoms in total. The van der Waals surface area contributed by atoms with Gasteiger partial charge in [0.2, 0.25) is 0 Å². The van der Waals surface area contributed by atoms with Gasteiger partial charge in [0.1, 0.15) is 17.1 Å². The van der Waals surface area contributed by atoms with E-state index in [0.29, 0.717) is 50.6 Å². The van der Waals surface area contributed by atoms with Crippen LogP contribution < -0.4 is 16.0 Å². The third kappa shape index (κ3) is 11.4. The molecule has 1 aliphatic heterocycles. The van der Waals surface area contributed by atoms with Crippen molar-refractivity contribution in [2.45, 2.75) is 45.8 Å². The van der Waals surface area contributed by atoms with Gasteiger partial charge >= 0.3 is 12.1 Å². The Hall–Kier alpha value is -4.55. The van der Waals surface area contributed by atoms with E-state index < -0.39 is 17.6 Å². The van der Waals surface area contributed by atoms with Crippen molar-refractivity contribution in [1.29, 1.82) is 0 Å². The smallest absolute Gasteiger partial charge is 0.412 e. The minimum absolute atomic E-state index is 0.179. The molecule has 1 fully saturated rings. The third-order valence-electron chi connectivity index (χ3n) is 7.14.